The van der Waals surface area contributed by atoms with Gasteiger partial charge in [-0.15, -0.1) is 0 Å². The highest BCUT2D eigenvalue weighted by atomic mass is 79.9. The highest BCUT2D eigenvalue weighted by molar-refractivity contribution is 9.10. The van der Waals surface area contributed by atoms with Gasteiger partial charge in [-0.1, -0.05) is 13.3 Å². The first-order valence-corrected chi connectivity index (χ1v) is 6.67. The van der Waals surface area contributed by atoms with E-state index < -0.39 is 0 Å². The summed E-state index contributed by atoms with van der Waals surface area (Å²) in [6.45, 7) is 2.89. The molecule has 0 atom stereocenters. The normalized spacial score (nSPS) is 15.1. The summed E-state index contributed by atoms with van der Waals surface area (Å²) >= 11 is 3.43. The maximum Gasteiger partial charge on any atom is 0.267 e. The van der Waals surface area contributed by atoms with Gasteiger partial charge in [0.25, 0.3) is 5.91 Å². The van der Waals surface area contributed by atoms with Crippen LogP contribution >= 0.6 is 15.9 Å². The van der Waals surface area contributed by atoms with Crippen molar-refractivity contribution in [2.24, 2.45) is 0 Å². The molecule has 1 fully saturated rings. The Morgan fingerprint density at radius 3 is 3.00 bits per heavy atom. The zero-order chi connectivity index (χ0) is 11.5. The number of carbonyl (C=O) groups excluding carboxylic acids is 1. The fourth-order valence-electron chi connectivity index (χ4n) is 1.75. The van der Waals surface area contributed by atoms with Gasteiger partial charge in [0.15, 0.2) is 0 Å². The van der Waals surface area contributed by atoms with Crippen LogP contribution in [0.25, 0.3) is 0 Å². The lowest BCUT2D eigenvalue weighted by Gasteiger charge is -2.07. The van der Waals surface area contributed by atoms with E-state index in [2.05, 4.69) is 32.7 Å². The maximum atomic E-state index is 11.9. The first-order valence-electron chi connectivity index (χ1n) is 5.88. The molecule has 0 aromatic carbocycles. The molecular weight excluding hydrogens is 268 g/mol. The number of rotatable bonds is 5. The molecule has 1 amide bonds. The third kappa shape index (κ3) is 2.67. The molecule has 0 aliphatic heterocycles. The van der Waals surface area contributed by atoms with Crippen LogP contribution in [0.3, 0.4) is 0 Å². The molecule has 1 N–H and O–H groups in total. The van der Waals surface area contributed by atoms with E-state index in [9.17, 15) is 4.79 Å². The van der Waals surface area contributed by atoms with Gasteiger partial charge in [0.05, 0.1) is 0 Å². The Morgan fingerprint density at radius 2 is 2.38 bits per heavy atom. The van der Waals surface area contributed by atoms with E-state index in [0.717, 1.165) is 29.6 Å². The van der Waals surface area contributed by atoms with Gasteiger partial charge < -0.3 is 9.88 Å². The number of aromatic nitrogens is 1. The first-order chi connectivity index (χ1) is 7.72. The molecule has 1 aliphatic rings. The van der Waals surface area contributed by atoms with Crippen molar-refractivity contribution in [1.82, 2.24) is 9.88 Å². The molecule has 0 radical (unpaired) electrons. The molecule has 3 nitrogen and oxygen atoms in total. The van der Waals surface area contributed by atoms with Crippen molar-refractivity contribution in [3.8, 4) is 0 Å². The van der Waals surface area contributed by atoms with Crippen molar-refractivity contribution in [2.45, 2.75) is 38.6 Å². The number of halogens is 1. The molecule has 0 saturated heterocycles. The second-order valence-corrected chi connectivity index (χ2v) is 5.21. The van der Waals surface area contributed by atoms with Gasteiger partial charge in [-0.2, -0.15) is 0 Å². The Hall–Kier alpha value is -0.770. The molecule has 1 aromatic rings. The van der Waals surface area contributed by atoms with Crippen molar-refractivity contribution in [2.75, 3.05) is 6.54 Å². The van der Waals surface area contributed by atoms with Crippen LogP contribution in [-0.4, -0.2) is 17.0 Å². The number of amides is 1. The molecule has 4 heteroatoms. The molecule has 88 valence electrons. The summed E-state index contributed by atoms with van der Waals surface area (Å²) in [7, 11) is 0. The maximum absolute atomic E-state index is 11.9. The Morgan fingerprint density at radius 1 is 1.62 bits per heavy atom. The topological polar surface area (TPSA) is 34.0 Å². The van der Waals surface area contributed by atoms with Crippen LogP contribution in [0.4, 0.5) is 0 Å². The molecule has 1 saturated carbocycles. The Labute approximate surface area is 104 Å². The summed E-state index contributed by atoms with van der Waals surface area (Å²) in [5, 5.41) is 2.96. The van der Waals surface area contributed by atoms with Crippen molar-refractivity contribution in [3.63, 3.8) is 0 Å². The van der Waals surface area contributed by atoms with Crippen molar-refractivity contribution in [3.05, 3.63) is 22.4 Å². The van der Waals surface area contributed by atoms with E-state index >= 15 is 0 Å². The predicted molar refractivity (Wildman–Crippen MR) is 67.6 cm³/mol. The molecule has 0 unspecified atom stereocenters. The Balaban J connectivity index is 2.03. The summed E-state index contributed by atoms with van der Waals surface area (Å²) in [4.78, 5) is 11.9. The number of carbonyl (C=O) groups is 1. The molecule has 16 heavy (non-hydrogen) atoms. The van der Waals surface area contributed by atoms with Crippen molar-refractivity contribution < 1.29 is 4.79 Å². The SMILES string of the molecule is CCCCNC(=O)c1cc(Br)cn1C1CC1. The minimum Gasteiger partial charge on any atom is -0.351 e. The lowest BCUT2D eigenvalue weighted by Crippen LogP contribution is -2.26. The van der Waals surface area contributed by atoms with Gasteiger partial charge >= 0.3 is 0 Å². The number of hydrogen-bond donors (Lipinski definition) is 1. The monoisotopic (exact) mass is 284 g/mol. The average Bonchev–Trinajstić information content (AvgIpc) is 3.02. The number of nitrogens with zero attached hydrogens (tertiary/aromatic N) is 1. The highest BCUT2D eigenvalue weighted by Crippen LogP contribution is 2.37. The molecule has 0 bridgehead atoms. The third-order valence-corrected chi connectivity index (χ3v) is 3.24. The summed E-state index contributed by atoms with van der Waals surface area (Å²) in [6, 6.07) is 2.44. The van der Waals surface area contributed by atoms with E-state index in [1.54, 1.807) is 0 Å². The second-order valence-electron chi connectivity index (χ2n) is 4.29. The van der Waals surface area contributed by atoms with E-state index in [4.69, 9.17) is 0 Å². The first kappa shape index (κ1) is 11.7. The van der Waals surface area contributed by atoms with Gasteiger partial charge in [0.2, 0.25) is 0 Å². The van der Waals surface area contributed by atoms with Crippen LogP contribution in [-0.2, 0) is 0 Å². The zero-order valence-corrected chi connectivity index (χ0v) is 11.1. The van der Waals surface area contributed by atoms with E-state index in [1.807, 2.05) is 12.3 Å². The van der Waals surface area contributed by atoms with Gasteiger partial charge in [0.1, 0.15) is 5.69 Å². The van der Waals surface area contributed by atoms with E-state index in [1.165, 1.54) is 12.8 Å². The molecule has 0 spiro atoms. The number of nitrogens with one attached hydrogen (secondary N) is 1. The minimum absolute atomic E-state index is 0.0473. The van der Waals surface area contributed by atoms with Gasteiger partial charge in [0, 0.05) is 23.3 Å². The molecular formula is C12H17BrN2O. The summed E-state index contributed by atoms with van der Waals surface area (Å²) < 4.78 is 3.07. The van der Waals surface area contributed by atoms with Crippen LogP contribution in [0.15, 0.2) is 16.7 Å². The largest absolute Gasteiger partial charge is 0.351 e. The standard InChI is InChI=1S/C12H17BrN2O/c1-2-3-6-14-12(16)11-7-9(13)8-15(11)10-4-5-10/h7-8,10H,2-6H2,1H3,(H,14,16). The summed E-state index contributed by atoms with van der Waals surface area (Å²) in [5.41, 5.74) is 0.783. The molecule has 2 rings (SSSR count). The van der Waals surface area contributed by atoms with Crippen LogP contribution in [0.1, 0.15) is 49.1 Å². The molecule has 1 aromatic heterocycles. The zero-order valence-electron chi connectivity index (χ0n) is 9.50. The van der Waals surface area contributed by atoms with Crippen LogP contribution in [0, 0.1) is 0 Å². The van der Waals surface area contributed by atoms with Crippen LogP contribution in [0.2, 0.25) is 0 Å². The third-order valence-electron chi connectivity index (χ3n) is 2.80. The van der Waals surface area contributed by atoms with E-state index in [-0.39, 0.29) is 5.91 Å². The smallest absolute Gasteiger partial charge is 0.267 e. The number of unbranched alkanes of at least 4 members (excludes halogenated alkanes) is 1. The minimum atomic E-state index is 0.0473. The van der Waals surface area contributed by atoms with Gasteiger partial charge in [-0.3, -0.25) is 4.79 Å². The van der Waals surface area contributed by atoms with Crippen molar-refractivity contribution in [1.29, 1.82) is 0 Å². The number of hydrogen-bond acceptors (Lipinski definition) is 1. The predicted octanol–water partition coefficient (Wildman–Crippen LogP) is 3.12. The Bertz CT molecular complexity index is 382. The Kier molecular flexibility index (Phi) is 3.69. The van der Waals surface area contributed by atoms with E-state index in [0.29, 0.717) is 6.04 Å². The quantitative estimate of drug-likeness (QED) is 0.829. The fourth-order valence-corrected chi connectivity index (χ4v) is 2.19. The van der Waals surface area contributed by atoms with Gasteiger partial charge in [-0.25, -0.2) is 0 Å². The molecule has 1 aliphatic carbocycles. The van der Waals surface area contributed by atoms with Crippen LogP contribution in [0.5, 0.6) is 0 Å². The second kappa shape index (κ2) is 5.04. The molecule has 1 heterocycles. The van der Waals surface area contributed by atoms with Crippen molar-refractivity contribution >= 4 is 21.8 Å². The van der Waals surface area contributed by atoms with Crippen LogP contribution < -0.4 is 5.32 Å². The van der Waals surface area contributed by atoms with Gasteiger partial charge in [-0.05, 0) is 41.3 Å². The summed E-state index contributed by atoms with van der Waals surface area (Å²) in [6.07, 6.45) is 6.53. The lowest BCUT2D eigenvalue weighted by molar-refractivity contribution is 0.0943. The summed E-state index contributed by atoms with van der Waals surface area (Å²) in [5.74, 6) is 0.0473. The lowest BCUT2D eigenvalue weighted by atomic mass is 10.3. The fraction of sp³-hybridized carbons (Fsp3) is 0.583. The average molecular weight is 285 g/mol. The highest BCUT2D eigenvalue weighted by Gasteiger charge is 2.27.